The number of halogens is 1. The third kappa shape index (κ3) is 1.81. The molecule has 1 aliphatic rings. The molecular formula is C10H9FN2O2. The molecule has 0 saturated heterocycles. The van der Waals surface area contributed by atoms with Gasteiger partial charge in [-0.3, -0.25) is 9.59 Å². The van der Waals surface area contributed by atoms with Crippen molar-refractivity contribution in [2.24, 2.45) is 0 Å². The number of amides is 2. The minimum absolute atomic E-state index is 0.152. The van der Waals surface area contributed by atoms with Crippen LogP contribution in [0.2, 0.25) is 0 Å². The van der Waals surface area contributed by atoms with Crippen LogP contribution < -0.4 is 10.6 Å². The molecule has 0 spiro atoms. The average Bonchev–Trinajstić information content (AvgIpc) is 2.44. The fourth-order valence-electron chi connectivity index (χ4n) is 1.60. The van der Waals surface area contributed by atoms with E-state index in [1.807, 2.05) is 0 Å². The Hall–Kier alpha value is -1.91. The van der Waals surface area contributed by atoms with E-state index in [0.29, 0.717) is 16.9 Å². The van der Waals surface area contributed by atoms with Gasteiger partial charge in [0.25, 0.3) is 0 Å². The van der Waals surface area contributed by atoms with Gasteiger partial charge in [-0.1, -0.05) is 0 Å². The van der Waals surface area contributed by atoms with Gasteiger partial charge in [-0.05, 0) is 17.7 Å². The highest BCUT2D eigenvalue weighted by molar-refractivity contribution is 6.05. The Morgan fingerprint density at radius 3 is 2.93 bits per heavy atom. The quantitative estimate of drug-likeness (QED) is 0.730. The Labute approximate surface area is 85.5 Å². The number of hydrogen-bond donors (Lipinski definition) is 2. The normalized spacial score (nSPS) is 13.3. The highest BCUT2D eigenvalue weighted by Crippen LogP contribution is 2.32. The topological polar surface area (TPSA) is 58.2 Å². The van der Waals surface area contributed by atoms with Gasteiger partial charge in [0.15, 0.2) is 0 Å². The van der Waals surface area contributed by atoms with Crippen molar-refractivity contribution < 1.29 is 14.0 Å². The Balaban J connectivity index is 2.46. The van der Waals surface area contributed by atoms with Crippen molar-refractivity contribution in [2.75, 3.05) is 10.6 Å². The predicted molar refractivity (Wildman–Crippen MR) is 53.0 cm³/mol. The highest BCUT2D eigenvalue weighted by Gasteiger charge is 2.22. The Morgan fingerprint density at radius 2 is 2.27 bits per heavy atom. The molecule has 0 fully saturated rings. The first-order valence-electron chi connectivity index (χ1n) is 4.46. The maximum Gasteiger partial charge on any atom is 0.228 e. The van der Waals surface area contributed by atoms with Crippen molar-refractivity contribution >= 4 is 23.2 Å². The molecule has 4 nitrogen and oxygen atoms in total. The lowest BCUT2D eigenvalue weighted by Gasteiger charge is -2.08. The number of hydrogen-bond acceptors (Lipinski definition) is 2. The Morgan fingerprint density at radius 1 is 1.53 bits per heavy atom. The van der Waals surface area contributed by atoms with E-state index in [0.717, 1.165) is 0 Å². The van der Waals surface area contributed by atoms with Crippen molar-refractivity contribution in [1.29, 1.82) is 0 Å². The molecule has 0 bridgehead atoms. The molecule has 0 aromatic heterocycles. The van der Waals surface area contributed by atoms with Gasteiger partial charge in [0.1, 0.15) is 5.82 Å². The van der Waals surface area contributed by atoms with Crippen molar-refractivity contribution in [1.82, 2.24) is 0 Å². The molecule has 1 heterocycles. The monoisotopic (exact) mass is 208 g/mol. The lowest BCUT2D eigenvalue weighted by atomic mass is 10.1. The summed E-state index contributed by atoms with van der Waals surface area (Å²) in [5.41, 5.74) is 1.38. The van der Waals surface area contributed by atoms with Gasteiger partial charge in [0, 0.05) is 6.92 Å². The molecule has 0 aliphatic carbocycles. The molecule has 2 amide bonds. The van der Waals surface area contributed by atoms with Crippen LogP contribution in [0.1, 0.15) is 12.5 Å². The second-order valence-electron chi connectivity index (χ2n) is 3.39. The largest absolute Gasteiger partial charge is 0.324 e. The highest BCUT2D eigenvalue weighted by atomic mass is 19.1. The molecule has 5 heteroatoms. The maximum atomic E-state index is 13.1. The van der Waals surface area contributed by atoms with Gasteiger partial charge >= 0.3 is 0 Å². The molecule has 1 aromatic rings. The number of fused-ring (bicyclic) bond motifs is 1. The van der Waals surface area contributed by atoms with Gasteiger partial charge in [0.2, 0.25) is 11.8 Å². The van der Waals surface area contributed by atoms with Crippen molar-refractivity contribution in [3.05, 3.63) is 23.5 Å². The third-order valence-corrected chi connectivity index (χ3v) is 2.11. The van der Waals surface area contributed by atoms with E-state index in [1.165, 1.54) is 19.1 Å². The summed E-state index contributed by atoms with van der Waals surface area (Å²) in [5.74, 6) is -0.958. The van der Waals surface area contributed by atoms with E-state index in [9.17, 15) is 14.0 Å². The summed E-state index contributed by atoms with van der Waals surface area (Å²) in [7, 11) is 0. The molecule has 0 radical (unpaired) electrons. The van der Waals surface area contributed by atoms with E-state index in [2.05, 4.69) is 10.6 Å². The number of nitrogens with one attached hydrogen (secondary N) is 2. The molecule has 1 aromatic carbocycles. The van der Waals surface area contributed by atoms with Gasteiger partial charge in [-0.15, -0.1) is 0 Å². The zero-order chi connectivity index (χ0) is 11.0. The van der Waals surface area contributed by atoms with Gasteiger partial charge in [0.05, 0.1) is 17.8 Å². The van der Waals surface area contributed by atoms with Crippen LogP contribution in [-0.2, 0) is 16.0 Å². The molecule has 0 saturated carbocycles. The number of carbonyl (C=O) groups excluding carboxylic acids is 2. The fourth-order valence-corrected chi connectivity index (χ4v) is 1.60. The van der Waals surface area contributed by atoms with E-state index in [-0.39, 0.29) is 18.2 Å². The molecule has 15 heavy (non-hydrogen) atoms. The minimum atomic E-state index is -0.464. The SMILES string of the molecule is CC(=O)Nc1cc(F)cc2c1NC(=O)C2. The number of rotatable bonds is 1. The number of anilines is 2. The molecule has 0 atom stereocenters. The van der Waals surface area contributed by atoms with Crippen LogP contribution >= 0.6 is 0 Å². The first-order valence-corrected chi connectivity index (χ1v) is 4.46. The lowest BCUT2D eigenvalue weighted by molar-refractivity contribution is -0.115. The van der Waals surface area contributed by atoms with Crippen LogP contribution in [0.15, 0.2) is 12.1 Å². The molecule has 1 aliphatic heterocycles. The third-order valence-electron chi connectivity index (χ3n) is 2.11. The van der Waals surface area contributed by atoms with Crippen molar-refractivity contribution in [3.8, 4) is 0 Å². The van der Waals surface area contributed by atoms with Crippen molar-refractivity contribution in [3.63, 3.8) is 0 Å². The van der Waals surface area contributed by atoms with Crippen LogP contribution in [0.25, 0.3) is 0 Å². The molecular weight excluding hydrogens is 199 g/mol. The van der Waals surface area contributed by atoms with Crippen LogP contribution in [0, 0.1) is 5.82 Å². The molecule has 2 rings (SSSR count). The molecule has 2 N–H and O–H groups in total. The molecule has 0 unspecified atom stereocenters. The fraction of sp³-hybridized carbons (Fsp3) is 0.200. The Bertz CT molecular complexity index is 457. The van der Waals surface area contributed by atoms with Crippen LogP contribution in [-0.4, -0.2) is 11.8 Å². The second-order valence-corrected chi connectivity index (χ2v) is 3.39. The zero-order valence-corrected chi connectivity index (χ0v) is 8.06. The summed E-state index contributed by atoms with van der Waals surface area (Å²) in [6, 6.07) is 2.48. The van der Waals surface area contributed by atoms with E-state index >= 15 is 0 Å². The van der Waals surface area contributed by atoms with Crippen LogP contribution in [0.3, 0.4) is 0 Å². The molecule has 78 valence electrons. The van der Waals surface area contributed by atoms with E-state index in [4.69, 9.17) is 0 Å². The smallest absolute Gasteiger partial charge is 0.228 e. The lowest BCUT2D eigenvalue weighted by Crippen LogP contribution is -2.09. The van der Waals surface area contributed by atoms with E-state index < -0.39 is 5.82 Å². The summed E-state index contributed by atoms with van der Waals surface area (Å²) in [5, 5.41) is 5.05. The van der Waals surface area contributed by atoms with Gasteiger partial charge in [-0.25, -0.2) is 4.39 Å². The second kappa shape index (κ2) is 3.34. The maximum absolute atomic E-state index is 13.1. The van der Waals surface area contributed by atoms with E-state index in [1.54, 1.807) is 0 Å². The minimum Gasteiger partial charge on any atom is -0.324 e. The first kappa shape index (κ1) is 9.64. The standard InChI is InChI=1S/C10H9FN2O2/c1-5(14)12-8-4-7(11)2-6-3-9(15)13-10(6)8/h2,4H,3H2,1H3,(H,12,14)(H,13,15). The average molecular weight is 208 g/mol. The van der Waals surface area contributed by atoms with Crippen molar-refractivity contribution in [2.45, 2.75) is 13.3 Å². The van der Waals surface area contributed by atoms with Gasteiger partial charge < -0.3 is 10.6 Å². The summed E-state index contributed by atoms with van der Waals surface area (Å²) in [6.07, 6.45) is 0.152. The predicted octanol–water partition coefficient (Wildman–Crippen LogP) is 1.28. The van der Waals surface area contributed by atoms with Gasteiger partial charge in [-0.2, -0.15) is 0 Å². The number of benzene rings is 1. The summed E-state index contributed by atoms with van der Waals surface area (Å²) < 4.78 is 13.1. The Kier molecular flexibility index (Phi) is 2.15. The van der Waals surface area contributed by atoms with Crippen LogP contribution in [0.5, 0.6) is 0 Å². The summed E-state index contributed by atoms with van der Waals surface area (Å²) in [6.45, 7) is 1.33. The first-order chi connectivity index (χ1) is 7.06. The summed E-state index contributed by atoms with van der Waals surface area (Å²) >= 11 is 0. The summed E-state index contributed by atoms with van der Waals surface area (Å²) in [4.78, 5) is 22.0. The van der Waals surface area contributed by atoms with Crippen LogP contribution in [0.4, 0.5) is 15.8 Å². The number of carbonyl (C=O) groups is 2. The zero-order valence-electron chi connectivity index (χ0n) is 8.06.